The molecule has 1 rings (SSSR count). The van der Waals surface area contributed by atoms with Gasteiger partial charge >= 0.3 is 0 Å². The molecule has 1 aromatic rings. The highest BCUT2D eigenvalue weighted by Crippen LogP contribution is 2.27. The van der Waals surface area contributed by atoms with Crippen LogP contribution in [0.15, 0.2) is 23.3 Å². The Bertz CT molecular complexity index is 264. The molecule has 4 nitrogen and oxygen atoms in total. The highest BCUT2D eigenvalue weighted by atomic mass is 16.5. The van der Waals surface area contributed by atoms with Crippen LogP contribution in [0.1, 0.15) is 0 Å². The van der Waals surface area contributed by atoms with Crippen molar-refractivity contribution in [1.29, 1.82) is 0 Å². The summed E-state index contributed by atoms with van der Waals surface area (Å²) < 4.78 is 9.90. The van der Waals surface area contributed by atoms with Crippen molar-refractivity contribution in [1.82, 2.24) is 0 Å². The van der Waals surface area contributed by atoms with E-state index in [0.717, 1.165) is 0 Å². The van der Waals surface area contributed by atoms with E-state index in [1.807, 2.05) is 0 Å². The molecule has 0 saturated heterocycles. The molecule has 0 aliphatic carbocycles. The van der Waals surface area contributed by atoms with E-state index in [0.29, 0.717) is 17.2 Å². The minimum Gasteiger partial charge on any atom is -0.706 e. The summed E-state index contributed by atoms with van der Waals surface area (Å²) in [5.41, 5.74) is 8.90. The van der Waals surface area contributed by atoms with Gasteiger partial charge in [0.25, 0.3) is 0 Å². The summed E-state index contributed by atoms with van der Waals surface area (Å²) in [6.45, 7) is 0. The summed E-state index contributed by atoms with van der Waals surface area (Å²) in [5, 5.41) is 3.03. The zero-order valence-electron chi connectivity index (χ0n) is 6.94. The second-order valence-corrected chi connectivity index (χ2v) is 2.17. The Morgan fingerprint density at radius 1 is 1.08 bits per heavy atom. The zero-order valence-corrected chi connectivity index (χ0v) is 6.94. The van der Waals surface area contributed by atoms with E-state index >= 15 is 0 Å². The Balaban J connectivity index is 3.09. The standard InChI is InChI=1S/C8H9N2O2/c1-11-7-3-6(10-9)4-8(5-7)12-2/h3-5H,1-2H3/q-1. The summed E-state index contributed by atoms with van der Waals surface area (Å²) in [5.74, 6) is 1.20. The molecule has 0 radical (unpaired) electrons. The SMILES string of the molecule is COc1cc(N=[N-])cc(OC)c1. The van der Waals surface area contributed by atoms with Gasteiger partial charge in [0.05, 0.1) is 14.2 Å². The molecule has 0 bridgehead atoms. The monoisotopic (exact) mass is 165 g/mol. The van der Waals surface area contributed by atoms with Gasteiger partial charge in [-0.3, -0.25) is 0 Å². The number of benzene rings is 1. The molecule has 0 aromatic heterocycles. The largest absolute Gasteiger partial charge is 0.706 e. The van der Waals surface area contributed by atoms with E-state index in [2.05, 4.69) is 5.11 Å². The van der Waals surface area contributed by atoms with Crippen molar-refractivity contribution in [2.75, 3.05) is 14.2 Å². The maximum atomic E-state index is 8.49. The molecule has 0 amide bonds. The molecule has 4 heteroatoms. The van der Waals surface area contributed by atoms with Crippen molar-refractivity contribution < 1.29 is 9.47 Å². The predicted molar refractivity (Wildman–Crippen MR) is 45.0 cm³/mol. The fraction of sp³-hybridized carbons (Fsp3) is 0.250. The van der Waals surface area contributed by atoms with Crippen LogP contribution in [0.2, 0.25) is 0 Å². The lowest BCUT2D eigenvalue weighted by Gasteiger charge is -2.06. The Kier molecular flexibility index (Phi) is 2.63. The smallest absolute Gasteiger partial charge is 0.124 e. The van der Waals surface area contributed by atoms with Crippen LogP contribution < -0.4 is 9.47 Å². The van der Waals surface area contributed by atoms with Gasteiger partial charge in [0.2, 0.25) is 0 Å². The van der Waals surface area contributed by atoms with Crippen molar-refractivity contribution in [3.05, 3.63) is 23.7 Å². The molecule has 0 atom stereocenters. The van der Waals surface area contributed by atoms with Crippen LogP contribution >= 0.6 is 0 Å². The van der Waals surface area contributed by atoms with Gasteiger partial charge in [0.15, 0.2) is 0 Å². The van der Waals surface area contributed by atoms with Gasteiger partial charge in [-0.2, -0.15) is 0 Å². The van der Waals surface area contributed by atoms with Gasteiger partial charge in [-0.1, -0.05) is 0 Å². The molecular weight excluding hydrogens is 156 g/mol. The molecule has 0 aliphatic heterocycles. The molecule has 0 spiro atoms. The first-order valence-electron chi connectivity index (χ1n) is 3.38. The third-order valence-electron chi connectivity index (χ3n) is 1.45. The summed E-state index contributed by atoms with van der Waals surface area (Å²) in [6.07, 6.45) is 0. The van der Waals surface area contributed by atoms with Gasteiger partial charge < -0.3 is 20.1 Å². The fourth-order valence-corrected chi connectivity index (χ4v) is 0.850. The average Bonchev–Trinajstić information content (AvgIpc) is 2.16. The average molecular weight is 165 g/mol. The molecular formula is C8H9N2O2-. The number of hydrogen-bond acceptors (Lipinski definition) is 3. The van der Waals surface area contributed by atoms with Crippen molar-refractivity contribution >= 4 is 5.69 Å². The van der Waals surface area contributed by atoms with E-state index < -0.39 is 0 Å². The van der Waals surface area contributed by atoms with Gasteiger partial charge in [0, 0.05) is 23.9 Å². The molecule has 1 aromatic carbocycles. The summed E-state index contributed by atoms with van der Waals surface area (Å²) in [6, 6.07) is 4.90. The Morgan fingerprint density at radius 2 is 1.58 bits per heavy atom. The normalized spacial score (nSPS) is 9.17. The van der Waals surface area contributed by atoms with Crippen LogP contribution in [0.5, 0.6) is 11.5 Å². The van der Waals surface area contributed by atoms with Gasteiger partial charge in [0.1, 0.15) is 11.5 Å². The van der Waals surface area contributed by atoms with Crippen LogP contribution in [-0.4, -0.2) is 14.2 Å². The van der Waals surface area contributed by atoms with Crippen LogP contribution in [0, 0.1) is 0 Å². The van der Waals surface area contributed by atoms with E-state index in [9.17, 15) is 0 Å². The lowest BCUT2D eigenvalue weighted by atomic mass is 10.3. The van der Waals surface area contributed by atoms with E-state index in [1.54, 1.807) is 18.2 Å². The van der Waals surface area contributed by atoms with Gasteiger partial charge in [-0.25, -0.2) is 0 Å². The second kappa shape index (κ2) is 3.71. The number of hydrogen-bond donors (Lipinski definition) is 0. The molecule has 0 fully saturated rings. The molecule has 0 N–H and O–H groups in total. The molecule has 0 unspecified atom stereocenters. The minimum atomic E-state index is 0.409. The third-order valence-corrected chi connectivity index (χ3v) is 1.45. The number of nitrogens with zero attached hydrogens (tertiary/aromatic N) is 2. The lowest BCUT2D eigenvalue weighted by molar-refractivity contribution is 0.394. The summed E-state index contributed by atoms with van der Waals surface area (Å²) in [7, 11) is 3.08. The van der Waals surface area contributed by atoms with Crippen LogP contribution in [0.4, 0.5) is 5.69 Å². The minimum absolute atomic E-state index is 0.409. The lowest BCUT2D eigenvalue weighted by Crippen LogP contribution is -1.85. The fourth-order valence-electron chi connectivity index (χ4n) is 0.850. The van der Waals surface area contributed by atoms with Gasteiger partial charge in [-0.15, -0.1) is 0 Å². The molecule has 12 heavy (non-hydrogen) atoms. The number of methoxy groups -OCH3 is 2. The number of rotatable bonds is 3. The Morgan fingerprint density at radius 3 is 1.92 bits per heavy atom. The van der Waals surface area contributed by atoms with Gasteiger partial charge in [-0.05, 0) is 0 Å². The first kappa shape index (κ1) is 8.52. The first-order chi connectivity index (χ1) is 5.80. The van der Waals surface area contributed by atoms with E-state index in [-0.39, 0.29) is 0 Å². The van der Waals surface area contributed by atoms with Crippen LogP contribution in [0.3, 0.4) is 0 Å². The maximum absolute atomic E-state index is 8.49. The molecule has 0 saturated carbocycles. The molecule has 0 aliphatic rings. The predicted octanol–water partition coefficient (Wildman–Crippen LogP) is 2.36. The molecule has 0 heterocycles. The second-order valence-electron chi connectivity index (χ2n) is 2.17. The maximum Gasteiger partial charge on any atom is 0.124 e. The highest BCUT2D eigenvalue weighted by Gasteiger charge is 1.97. The third kappa shape index (κ3) is 1.72. The van der Waals surface area contributed by atoms with Crippen molar-refractivity contribution in [2.24, 2.45) is 5.11 Å². The summed E-state index contributed by atoms with van der Waals surface area (Å²) >= 11 is 0. The highest BCUT2D eigenvalue weighted by molar-refractivity contribution is 5.49. The Hall–Kier alpha value is -1.58. The van der Waals surface area contributed by atoms with Crippen LogP contribution in [-0.2, 0) is 0 Å². The van der Waals surface area contributed by atoms with Crippen molar-refractivity contribution in [3.8, 4) is 11.5 Å². The van der Waals surface area contributed by atoms with Crippen molar-refractivity contribution in [2.45, 2.75) is 0 Å². The number of ether oxygens (including phenoxy) is 2. The van der Waals surface area contributed by atoms with E-state index in [4.69, 9.17) is 15.0 Å². The Labute approximate surface area is 70.6 Å². The first-order valence-corrected chi connectivity index (χ1v) is 3.38. The topological polar surface area (TPSA) is 53.1 Å². The van der Waals surface area contributed by atoms with Crippen molar-refractivity contribution in [3.63, 3.8) is 0 Å². The van der Waals surface area contributed by atoms with Crippen LogP contribution in [0.25, 0.3) is 5.53 Å². The van der Waals surface area contributed by atoms with E-state index in [1.165, 1.54) is 14.2 Å². The molecule has 64 valence electrons. The summed E-state index contributed by atoms with van der Waals surface area (Å²) in [4.78, 5) is 0. The quantitative estimate of drug-likeness (QED) is 0.645. The zero-order chi connectivity index (χ0) is 8.97.